The van der Waals surface area contributed by atoms with Crippen LogP contribution in [0.3, 0.4) is 0 Å². The lowest BCUT2D eigenvalue weighted by Gasteiger charge is -2.31. The average molecular weight is 240 g/mol. The molecule has 0 aromatic rings. The largest absolute Gasteiger partial charge is 0.409 e. The summed E-state index contributed by atoms with van der Waals surface area (Å²) >= 11 is 0. The molecular weight excluding hydrogens is 216 g/mol. The number of hydrogen-bond acceptors (Lipinski definition) is 4. The van der Waals surface area contributed by atoms with E-state index in [4.69, 9.17) is 10.9 Å². The Bertz CT molecular complexity index is 294. The molecule has 2 aliphatic rings. The first-order valence-electron chi connectivity index (χ1n) is 6.60. The van der Waals surface area contributed by atoms with Crippen molar-refractivity contribution in [2.75, 3.05) is 20.1 Å². The van der Waals surface area contributed by atoms with Crippen LogP contribution in [0.5, 0.6) is 0 Å². The smallest absolute Gasteiger partial charge is 0.156 e. The first-order valence-corrected chi connectivity index (χ1v) is 6.60. The van der Waals surface area contributed by atoms with E-state index >= 15 is 0 Å². The predicted octanol–water partition coefficient (Wildman–Crippen LogP) is 0.680. The first-order chi connectivity index (χ1) is 8.17. The van der Waals surface area contributed by atoms with Crippen molar-refractivity contribution in [3.63, 3.8) is 0 Å². The summed E-state index contributed by atoms with van der Waals surface area (Å²) < 4.78 is 0. The third-order valence-corrected chi connectivity index (χ3v) is 4.46. The minimum atomic E-state index is 0.0905. The second-order valence-corrected chi connectivity index (χ2v) is 5.28. The minimum absolute atomic E-state index is 0.0905. The quantitative estimate of drug-likeness (QED) is 0.329. The average Bonchev–Trinajstić information content (AvgIpc) is 2.56. The molecule has 0 radical (unpaired) electrons. The van der Waals surface area contributed by atoms with Gasteiger partial charge in [0.25, 0.3) is 0 Å². The number of likely N-dealkylation sites (N-methyl/N-ethyl adjacent to an activating group) is 1. The fourth-order valence-corrected chi connectivity index (χ4v) is 3.34. The van der Waals surface area contributed by atoms with E-state index in [2.05, 4.69) is 28.9 Å². The standard InChI is InChI=1S/C12H24N4O/c1-3-11(12(13)14-17)16-7-6-9-4-5-10(8-16)15(9)2/h9-11,17H,3-8H2,1-2H3,(H2,13,14). The lowest BCUT2D eigenvalue weighted by Crippen LogP contribution is -2.48. The molecule has 17 heavy (non-hydrogen) atoms. The number of oxime groups is 1. The van der Waals surface area contributed by atoms with Crippen molar-refractivity contribution < 1.29 is 5.21 Å². The van der Waals surface area contributed by atoms with Gasteiger partial charge in [-0.3, -0.25) is 9.80 Å². The van der Waals surface area contributed by atoms with Crippen LogP contribution in [-0.2, 0) is 0 Å². The van der Waals surface area contributed by atoms with Crippen LogP contribution < -0.4 is 5.73 Å². The van der Waals surface area contributed by atoms with Crippen LogP contribution in [0.1, 0.15) is 32.6 Å². The zero-order valence-electron chi connectivity index (χ0n) is 10.8. The Morgan fingerprint density at radius 3 is 2.76 bits per heavy atom. The maximum Gasteiger partial charge on any atom is 0.156 e. The number of rotatable bonds is 3. The third kappa shape index (κ3) is 2.40. The Balaban J connectivity index is 2.07. The van der Waals surface area contributed by atoms with Crippen LogP contribution >= 0.6 is 0 Å². The summed E-state index contributed by atoms with van der Waals surface area (Å²) in [5.74, 6) is 0.355. The molecule has 3 unspecified atom stereocenters. The predicted molar refractivity (Wildman–Crippen MR) is 68.3 cm³/mol. The summed E-state index contributed by atoms with van der Waals surface area (Å²) in [7, 11) is 2.23. The lowest BCUT2D eigenvalue weighted by molar-refractivity contribution is 0.195. The zero-order valence-corrected chi connectivity index (χ0v) is 10.8. The van der Waals surface area contributed by atoms with Crippen molar-refractivity contribution in [1.29, 1.82) is 0 Å². The molecule has 3 atom stereocenters. The summed E-state index contributed by atoms with van der Waals surface area (Å²) in [6.07, 6.45) is 4.71. The summed E-state index contributed by atoms with van der Waals surface area (Å²) in [5.41, 5.74) is 5.79. The van der Waals surface area contributed by atoms with E-state index in [1.165, 1.54) is 19.3 Å². The van der Waals surface area contributed by atoms with E-state index in [1.807, 2.05) is 0 Å². The van der Waals surface area contributed by atoms with E-state index in [1.54, 1.807) is 0 Å². The number of amidine groups is 1. The van der Waals surface area contributed by atoms with E-state index < -0.39 is 0 Å². The van der Waals surface area contributed by atoms with Gasteiger partial charge in [0.1, 0.15) is 0 Å². The highest BCUT2D eigenvalue weighted by Gasteiger charge is 2.36. The highest BCUT2D eigenvalue weighted by Crippen LogP contribution is 2.29. The summed E-state index contributed by atoms with van der Waals surface area (Å²) in [5, 5.41) is 12.0. The Morgan fingerprint density at radius 1 is 1.41 bits per heavy atom. The van der Waals surface area contributed by atoms with Gasteiger partial charge in [0, 0.05) is 25.2 Å². The van der Waals surface area contributed by atoms with Gasteiger partial charge in [0.05, 0.1) is 6.04 Å². The van der Waals surface area contributed by atoms with Crippen LogP contribution in [0.25, 0.3) is 0 Å². The van der Waals surface area contributed by atoms with E-state index in [0.29, 0.717) is 11.9 Å². The molecule has 0 saturated carbocycles. The number of fused-ring (bicyclic) bond motifs is 2. The molecule has 5 heteroatoms. The Labute approximate surface area is 103 Å². The van der Waals surface area contributed by atoms with Crippen molar-refractivity contribution in [3.8, 4) is 0 Å². The second-order valence-electron chi connectivity index (χ2n) is 5.28. The van der Waals surface area contributed by atoms with Gasteiger partial charge in [-0.05, 0) is 32.7 Å². The summed E-state index contributed by atoms with van der Waals surface area (Å²) in [6, 6.07) is 1.46. The monoisotopic (exact) mass is 240 g/mol. The van der Waals surface area contributed by atoms with Gasteiger partial charge in [-0.1, -0.05) is 12.1 Å². The molecule has 2 saturated heterocycles. The van der Waals surface area contributed by atoms with Crippen LogP contribution in [0, 0.1) is 0 Å². The van der Waals surface area contributed by atoms with Crippen molar-refractivity contribution in [3.05, 3.63) is 0 Å². The molecule has 2 rings (SSSR count). The van der Waals surface area contributed by atoms with Gasteiger partial charge in [0.2, 0.25) is 0 Å². The third-order valence-electron chi connectivity index (χ3n) is 4.46. The van der Waals surface area contributed by atoms with Crippen molar-refractivity contribution in [2.24, 2.45) is 10.9 Å². The molecule has 2 heterocycles. The Morgan fingerprint density at radius 2 is 2.12 bits per heavy atom. The van der Waals surface area contributed by atoms with Crippen LogP contribution in [0.4, 0.5) is 0 Å². The molecule has 5 nitrogen and oxygen atoms in total. The molecule has 0 amide bonds. The highest BCUT2D eigenvalue weighted by atomic mass is 16.4. The number of nitrogens with zero attached hydrogens (tertiary/aromatic N) is 3. The zero-order chi connectivity index (χ0) is 12.4. The summed E-state index contributed by atoms with van der Waals surface area (Å²) in [4.78, 5) is 4.90. The van der Waals surface area contributed by atoms with E-state index in [9.17, 15) is 0 Å². The molecule has 3 N–H and O–H groups in total. The van der Waals surface area contributed by atoms with Crippen LogP contribution in [-0.4, -0.2) is 59.1 Å². The molecule has 2 bridgehead atoms. The number of hydrogen-bond donors (Lipinski definition) is 2. The van der Waals surface area contributed by atoms with Crippen LogP contribution in [0.2, 0.25) is 0 Å². The lowest BCUT2D eigenvalue weighted by atomic mass is 10.1. The van der Waals surface area contributed by atoms with Gasteiger partial charge < -0.3 is 10.9 Å². The van der Waals surface area contributed by atoms with Gasteiger partial charge >= 0.3 is 0 Å². The normalized spacial score (nSPS) is 33.6. The molecular formula is C12H24N4O. The maximum atomic E-state index is 8.85. The van der Waals surface area contributed by atoms with Gasteiger partial charge in [-0.15, -0.1) is 0 Å². The molecule has 98 valence electrons. The topological polar surface area (TPSA) is 65.1 Å². The molecule has 0 spiro atoms. The fourth-order valence-electron chi connectivity index (χ4n) is 3.34. The fraction of sp³-hybridized carbons (Fsp3) is 0.917. The molecule has 0 aromatic heterocycles. The van der Waals surface area contributed by atoms with E-state index in [-0.39, 0.29) is 6.04 Å². The maximum absolute atomic E-state index is 8.85. The van der Waals surface area contributed by atoms with Gasteiger partial charge in [-0.25, -0.2) is 0 Å². The first kappa shape index (κ1) is 12.6. The minimum Gasteiger partial charge on any atom is -0.409 e. The van der Waals surface area contributed by atoms with E-state index in [0.717, 1.165) is 25.6 Å². The number of nitrogens with two attached hydrogens (primary N) is 1. The van der Waals surface area contributed by atoms with Crippen LogP contribution in [0.15, 0.2) is 5.16 Å². The Kier molecular flexibility index (Phi) is 3.89. The highest BCUT2D eigenvalue weighted by molar-refractivity contribution is 5.85. The van der Waals surface area contributed by atoms with Crippen molar-refractivity contribution in [1.82, 2.24) is 9.80 Å². The molecule has 0 aliphatic carbocycles. The SMILES string of the molecule is CCC(C(N)=NO)N1CCC2CCC(C1)N2C. The second kappa shape index (κ2) is 5.23. The van der Waals surface area contributed by atoms with Gasteiger partial charge in [-0.2, -0.15) is 0 Å². The van der Waals surface area contributed by atoms with Crippen molar-refractivity contribution >= 4 is 5.84 Å². The van der Waals surface area contributed by atoms with Crippen molar-refractivity contribution in [2.45, 2.75) is 50.7 Å². The molecule has 2 aliphatic heterocycles. The van der Waals surface area contributed by atoms with Gasteiger partial charge in [0.15, 0.2) is 5.84 Å². The molecule has 0 aromatic carbocycles. The molecule has 2 fully saturated rings. The summed E-state index contributed by atoms with van der Waals surface area (Å²) in [6.45, 7) is 4.19. The number of likely N-dealkylation sites (tertiary alicyclic amines) is 1. The Hall–Kier alpha value is -0.810.